The number of hydrogen-bond acceptors (Lipinski definition) is 2. The van der Waals surface area contributed by atoms with E-state index >= 15 is 0 Å². The van der Waals surface area contributed by atoms with Crippen LogP contribution in [-0.4, -0.2) is 15.0 Å². The molecule has 0 unspecified atom stereocenters. The third-order valence-electron chi connectivity index (χ3n) is 1.29. The van der Waals surface area contributed by atoms with Crippen molar-refractivity contribution in [3.05, 3.63) is 18.8 Å². The van der Waals surface area contributed by atoms with Gasteiger partial charge >= 0.3 is 51.4 Å². The third-order valence-corrected chi connectivity index (χ3v) is 1.29. The average molecular weight is 177 g/mol. The molecule has 0 aliphatic carbocycles. The number of aryl methyl sites for hydroxylation is 1. The van der Waals surface area contributed by atoms with E-state index in [1.807, 2.05) is 10.9 Å². The van der Waals surface area contributed by atoms with E-state index in [0.717, 1.165) is 25.1 Å². The Morgan fingerprint density at radius 2 is 2.36 bits per heavy atom. The summed E-state index contributed by atoms with van der Waals surface area (Å²) in [7, 11) is 0. The van der Waals surface area contributed by atoms with Gasteiger partial charge in [-0.3, -0.25) is 4.68 Å². The SMILES string of the molecule is [CH2-]Cc1cn(CCC)nn1.[K+]. The summed E-state index contributed by atoms with van der Waals surface area (Å²) in [4.78, 5) is 0. The van der Waals surface area contributed by atoms with Crippen LogP contribution in [-0.2, 0) is 13.0 Å². The second-order valence-corrected chi connectivity index (χ2v) is 2.22. The minimum Gasteiger partial charge on any atom is -0.337 e. The fraction of sp³-hybridized carbons (Fsp3) is 0.571. The summed E-state index contributed by atoms with van der Waals surface area (Å²) in [5.41, 5.74) is 0.966. The molecule has 0 bridgehead atoms. The van der Waals surface area contributed by atoms with E-state index in [4.69, 9.17) is 0 Å². The van der Waals surface area contributed by atoms with Gasteiger partial charge in [-0.15, -0.1) is 11.5 Å². The van der Waals surface area contributed by atoms with Crippen LogP contribution in [0.2, 0.25) is 0 Å². The average Bonchev–Trinajstić information content (AvgIpc) is 2.37. The first-order valence-corrected chi connectivity index (χ1v) is 3.55. The molecule has 0 radical (unpaired) electrons. The fourth-order valence-electron chi connectivity index (χ4n) is 0.791. The minimum atomic E-state index is 0. The first-order valence-electron chi connectivity index (χ1n) is 3.55. The molecule has 56 valence electrons. The molecule has 0 amide bonds. The van der Waals surface area contributed by atoms with Gasteiger partial charge in [0.05, 0.1) is 5.69 Å². The Bertz CT molecular complexity index is 197. The van der Waals surface area contributed by atoms with Crippen molar-refractivity contribution in [1.82, 2.24) is 15.0 Å². The summed E-state index contributed by atoms with van der Waals surface area (Å²) in [6, 6.07) is 0. The summed E-state index contributed by atoms with van der Waals surface area (Å²) in [5.74, 6) is 0. The molecule has 0 saturated carbocycles. The van der Waals surface area contributed by atoms with Crippen LogP contribution in [0.15, 0.2) is 6.20 Å². The molecular formula is C7H12KN3. The minimum absolute atomic E-state index is 0. The van der Waals surface area contributed by atoms with Crippen LogP contribution in [0.4, 0.5) is 0 Å². The molecule has 0 spiro atoms. The van der Waals surface area contributed by atoms with Crippen molar-refractivity contribution in [3.8, 4) is 0 Å². The van der Waals surface area contributed by atoms with Crippen molar-refractivity contribution in [1.29, 1.82) is 0 Å². The molecule has 0 N–H and O–H groups in total. The van der Waals surface area contributed by atoms with E-state index in [0.29, 0.717) is 0 Å². The molecule has 1 rings (SSSR count). The van der Waals surface area contributed by atoms with Crippen LogP contribution in [0.25, 0.3) is 0 Å². The molecule has 11 heavy (non-hydrogen) atoms. The van der Waals surface area contributed by atoms with Crippen molar-refractivity contribution in [2.45, 2.75) is 26.3 Å². The summed E-state index contributed by atoms with van der Waals surface area (Å²) in [5, 5.41) is 7.81. The molecule has 1 aromatic rings. The van der Waals surface area contributed by atoms with Crippen molar-refractivity contribution in [2.24, 2.45) is 0 Å². The summed E-state index contributed by atoms with van der Waals surface area (Å²) in [6.45, 7) is 6.78. The maximum Gasteiger partial charge on any atom is 1.00 e. The Morgan fingerprint density at radius 3 is 2.82 bits per heavy atom. The zero-order valence-corrected chi connectivity index (χ0v) is 10.4. The monoisotopic (exact) mass is 177 g/mol. The van der Waals surface area contributed by atoms with Gasteiger partial charge < -0.3 is 6.92 Å². The molecule has 1 aromatic heterocycles. The van der Waals surface area contributed by atoms with Crippen molar-refractivity contribution in [3.63, 3.8) is 0 Å². The Labute approximate surface area is 110 Å². The topological polar surface area (TPSA) is 30.7 Å². The van der Waals surface area contributed by atoms with E-state index in [1.54, 1.807) is 0 Å². The van der Waals surface area contributed by atoms with Gasteiger partial charge in [0.25, 0.3) is 0 Å². The maximum absolute atomic E-state index is 3.90. The second kappa shape index (κ2) is 6.31. The van der Waals surface area contributed by atoms with E-state index < -0.39 is 0 Å². The second-order valence-electron chi connectivity index (χ2n) is 2.22. The molecule has 0 aliphatic rings. The Hall–Kier alpha value is 0.776. The number of nitrogens with zero attached hydrogens (tertiary/aromatic N) is 3. The molecule has 0 atom stereocenters. The zero-order valence-electron chi connectivity index (χ0n) is 7.25. The van der Waals surface area contributed by atoms with Crippen molar-refractivity contribution < 1.29 is 51.4 Å². The molecule has 0 aliphatic heterocycles. The number of hydrogen-bond donors (Lipinski definition) is 0. The quantitative estimate of drug-likeness (QED) is 0.398. The van der Waals surface area contributed by atoms with E-state index in [1.165, 1.54) is 0 Å². The Balaban J connectivity index is 0.000001000. The molecular weight excluding hydrogens is 165 g/mol. The molecule has 1 heterocycles. The van der Waals surface area contributed by atoms with Gasteiger partial charge in [-0.05, 0) is 6.42 Å². The van der Waals surface area contributed by atoms with Gasteiger partial charge in [-0.2, -0.15) is 0 Å². The maximum atomic E-state index is 3.90. The van der Waals surface area contributed by atoms with E-state index in [9.17, 15) is 0 Å². The van der Waals surface area contributed by atoms with Crippen LogP contribution >= 0.6 is 0 Å². The predicted molar refractivity (Wildman–Crippen MR) is 39.4 cm³/mol. The third kappa shape index (κ3) is 3.80. The molecule has 0 aromatic carbocycles. The summed E-state index contributed by atoms with van der Waals surface area (Å²) in [6.07, 6.45) is 3.76. The van der Waals surface area contributed by atoms with Gasteiger partial charge in [0.1, 0.15) is 0 Å². The molecule has 4 heteroatoms. The van der Waals surface area contributed by atoms with Crippen molar-refractivity contribution >= 4 is 0 Å². The van der Waals surface area contributed by atoms with Crippen LogP contribution in [0.1, 0.15) is 19.0 Å². The number of aromatic nitrogens is 3. The van der Waals surface area contributed by atoms with Gasteiger partial charge in [0.15, 0.2) is 0 Å². The first-order chi connectivity index (χ1) is 4.86. The van der Waals surface area contributed by atoms with E-state index in [-0.39, 0.29) is 51.4 Å². The zero-order chi connectivity index (χ0) is 7.40. The van der Waals surface area contributed by atoms with E-state index in [2.05, 4.69) is 24.2 Å². The first kappa shape index (κ1) is 11.8. The van der Waals surface area contributed by atoms with Crippen molar-refractivity contribution in [2.75, 3.05) is 0 Å². The number of rotatable bonds is 3. The van der Waals surface area contributed by atoms with Gasteiger partial charge in [-0.25, -0.2) is 0 Å². The normalized spacial score (nSPS) is 9.27. The summed E-state index contributed by atoms with van der Waals surface area (Å²) < 4.78 is 1.85. The van der Waals surface area contributed by atoms with Gasteiger partial charge in [0.2, 0.25) is 0 Å². The summed E-state index contributed by atoms with van der Waals surface area (Å²) >= 11 is 0. The van der Waals surface area contributed by atoms with Gasteiger partial charge in [0, 0.05) is 12.7 Å². The van der Waals surface area contributed by atoms with Crippen LogP contribution in [0, 0.1) is 6.92 Å². The smallest absolute Gasteiger partial charge is 0.337 e. The van der Waals surface area contributed by atoms with Gasteiger partial charge in [-0.1, -0.05) is 12.1 Å². The largest absolute Gasteiger partial charge is 1.00 e. The fourth-order valence-corrected chi connectivity index (χ4v) is 0.791. The van der Waals surface area contributed by atoms with Crippen LogP contribution in [0.3, 0.4) is 0 Å². The molecule has 0 saturated heterocycles. The Morgan fingerprint density at radius 1 is 1.64 bits per heavy atom. The molecule has 0 fully saturated rings. The standard InChI is InChI=1S/C7H12N3.K/c1-3-5-10-6-7(4-2)8-9-10;/h6H,2-5H2,1H3;/q-1;+1. The van der Waals surface area contributed by atoms with Crippen LogP contribution < -0.4 is 51.4 Å². The van der Waals surface area contributed by atoms with Crippen LogP contribution in [0.5, 0.6) is 0 Å². The molecule has 3 nitrogen and oxygen atoms in total. The predicted octanol–water partition coefficient (Wildman–Crippen LogP) is -1.93. The Kier molecular flexibility index (Phi) is 6.76.